The zero-order chi connectivity index (χ0) is 19.8. The molecule has 0 saturated heterocycles. The van der Waals surface area contributed by atoms with E-state index in [1.807, 2.05) is 12.1 Å². The maximum atomic E-state index is 15.0. The van der Waals surface area contributed by atoms with Crippen LogP contribution in [0, 0.1) is 17.2 Å². The molecule has 1 atom stereocenters. The van der Waals surface area contributed by atoms with Crippen molar-refractivity contribution in [1.29, 1.82) is 0 Å². The van der Waals surface area contributed by atoms with Gasteiger partial charge in [-0.05, 0) is 67.0 Å². The fourth-order valence-corrected chi connectivity index (χ4v) is 4.04. The Morgan fingerprint density at radius 3 is 2.33 bits per heavy atom. The molecular formula is C23H32FNO2. The highest BCUT2D eigenvalue weighted by Crippen LogP contribution is 2.39. The largest absolute Gasteiger partial charge is 0.487 e. The summed E-state index contributed by atoms with van der Waals surface area (Å²) in [6.45, 7) is 8.47. The van der Waals surface area contributed by atoms with E-state index in [2.05, 4.69) is 20.8 Å². The van der Waals surface area contributed by atoms with E-state index >= 15 is 0 Å². The summed E-state index contributed by atoms with van der Waals surface area (Å²) in [6, 6.07) is 8.92. The Hall–Kier alpha value is -1.65. The molecule has 0 aromatic heterocycles. The summed E-state index contributed by atoms with van der Waals surface area (Å²) in [5.41, 5.74) is 6.36. The fraction of sp³-hybridized carbons (Fsp3) is 0.565. The van der Waals surface area contributed by atoms with Crippen LogP contribution < -0.4 is 10.5 Å². The molecule has 0 heterocycles. The maximum Gasteiger partial charge on any atom is 0.172 e. The predicted molar refractivity (Wildman–Crippen MR) is 108 cm³/mol. The average molecular weight is 374 g/mol. The number of rotatable bonds is 4. The second kappa shape index (κ2) is 7.40. The van der Waals surface area contributed by atoms with Gasteiger partial charge in [-0.25, -0.2) is 4.39 Å². The van der Waals surface area contributed by atoms with Crippen LogP contribution in [0.1, 0.15) is 58.9 Å². The SMILES string of the molecule is CC(C)(C)[C@H]1CC[C@H](Oc2ccc3cc([C@@](C)(N)CO)ccc3c2F)CC1. The Kier molecular flexibility index (Phi) is 5.51. The Morgan fingerprint density at radius 1 is 1.07 bits per heavy atom. The van der Waals surface area contributed by atoms with Gasteiger partial charge in [-0.15, -0.1) is 0 Å². The minimum atomic E-state index is -0.842. The van der Waals surface area contributed by atoms with Crippen molar-refractivity contribution in [1.82, 2.24) is 0 Å². The second-order valence-electron chi connectivity index (χ2n) is 9.35. The summed E-state index contributed by atoms with van der Waals surface area (Å²) >= 11 is 0. The molecule has 148 valence electrons. The van der Waals surface area contributed by atoms with Gasteiger partial charge >= 0.3 is 0 Å². The molecule has 2 aromatic rings. The molecule has 0 spiro atoms. The lowest BCUT2D eigenvalue weighted by atomic mass is 9.72. The van der Waals surface area contributed by atoms with Crippen molar-refractivity contribution in [2.24, 2.45) is 17.1 Å². The number of fused-ring (bicyclic) bond motifs is 1. The molecule has 2 aromatic carbocycles. The normalized spacial score (nSPS) is 23.2. The number of aliphatic hydroxyl groups is 1. The smallest absolute Gasteiger partial charge is 0.172 e. The lowest BCUT2D eigenvalue weighted by Crippen LogP contribution is -2.36. The number of hydrogen-bond donors (Lipinski definition) is 2. The van der Waals surface area contributed by atoms with Crippen molar-refractivity contribution in [2.45, 2.75) is 65.0 Å². The predicted octanol–water partition coefficient (Wildman–Crippen LogP) is 5.13. The van der Waals surface area contributed by atoms with Gasteiger partial charge in [0.2, 0.25) is 0 Å². The molecule has 3 N–H and O–H groups in total. The van der Waals surface area contributed by atoms with Crippen molar-refractivity contribution in [3.05, 3.63) is 41.7 Å². The molecule has 0 radical (unpaired) electrons. The topological polar surface area (TPSA) is 55.5 Å². The minimum Gasteiger partial charge on any atom is -0.487 e. The van der Waals surface area contributed by atoms with Crippen LogP contribution in [0.25, 0.3) is 10.8 Å². The van der Waals surface area contributed by atoms with Gasteiger partial charge in [0.05, 0.1) is 18.2 Å². The molecule has 27 heavy (non-hydrogen) atoms. The van der Waals surface area contributed by atoms with Crippen LogP contribution in [0.3, 0.4) is 0 Å². The average Bonchev–Trinajstić information content (AvgIpc) is 2.63. The van der Waals surface area contributed by atoms with E-state index in [0.717, 1.165) is 36.6 Å². The van der Waals surface area contributed by atoms with E-state index in [4.69, 9.17) is 10.5 Å². The summed E-state index contributed by atoms with van der Waals surface area (Å²) in [7, 11) is 0. The van der Waals surface area contributed by atoms with Crippen molar-refractivity contribution < 1.29 is 14.2 Å². The van der Waals surface area contributed by atoms with Crippen molar-refractivity contribution in [2.75, 3.05) is 6.61 Å². The van der Waals surface area contributed by atoms with Crippen LogP contribution in [-0.2, 0) is 5.54 Å². The molecule has 3 rings (SSSR count). The van der Waals surface area contributed by atoms with Gasteiger partial charge in [0, 0.05) is 5.39 Å². The molecule has 0 unspecified atom stereocenters. The highest BCUT2D eigenvalue weighted by molar-refractivity contribution is 5.85. The lowest BCUT2D eigenvalue weighted by Gasteiger charge is -2.37. The zero-order valence-corrected chi connectivity index (χ0v) is 16.9. The van der Waals surface area contributed by atoms with E-state index in [-0.39, 0.29) is 18.5 Å². The van der Waals surface area contributed by atoms with Crippen LogP contribution in [0.2, 0.25) is 0 Å². The van der Waals surface area contributed by atoms with Gasteiger partial charge in [-0.1, -0.05) is 39.0 Å². The molecule has 0 bridgehead atoms. The molecule has 1 fully saturated rings. The summed E-state index contributed by atoms with van der Waals surface area (Å²) in [6.07, 6.45) is 4.28. The summed E-state index contributed by atoms with van der Waals surface area (Å²) in [4.78, 5) is 0. The van der Waals surface area contributed by atoms with Crippen molar-refractivity contribution in [3.63, 3.8) is 0 Å². The van der Waals surface area contributed by atoms with Crippen LogP contribution in [0.4, 0.5) is 4.39 Å². The van der Waals surface area contributed by atoms with Crippen LogP contribution in [-0.4, -0.2) is 17.8 Å². The molecule has 1 saturated carbocycles. The van der Waals surface area contributed by atoms with E-state index < -0.39 is 5.54 Å². The quantitative estimate of drug-likeness (QED) is 0.781. The van der Waals surface area contributed by atoms with Gasteiger partial charge < -0.3 is 15.6 Å². The number of benzene rings is 2. The molecule has 0 amide bonds. The Morgan fingerprint density at radius 2 is 1.74 bits per heavy atom. The number of halogens is 1. The molecule has 1 aliphatic rings. The third kappa shape index (κ3) is 4.27. The van der Waals surface area contributed by atoms with Gasteiger partial charge in [0.15, 0.2) is 11.6 Å². The molecule has 4 heteroatoms. The van der Waals surface area contributed by atoms with Gasteiger partial charge in [-0.3, -0.25) is 0 Å². The molecular weight excluding hydrogens is 341 g/mol. The van der Waals surface area contributed by atoms with Crippen molar-refractivity contribution in [3.8, 4) is 5.75 Å². The number of hydrogen-bond acceptors (Lipinski definition) is 3. The molecule has 1 aliphatic carbocycles. The first-order valence-corrected chi connectivity index (χ1v) is 9.91. The highest BCUT2D eigenvalue weighted by Gasteiger charge is 2.31. The first kappa shape index (κ1) is 20.1. The number of nitrogens with two attached hydrogens (primary N) is 1. The Bertz CT molecular complexity index is 802. The van der Waals surface area contributed by atoms with E-state index in [0.29, 0.717) is 22.5 Å². The third-order valence-corrected chi connectivity index (χ3v) is 6.10. The molecule has 0 aliphatic heterocycles. The summed E-state index contributed by atoms with van der Waals surface area (Å²) in [5.74, 6) is 0.709. The van der Waals surface area contributed by atoms with E-state index in [9.17, 15) is 9.50 Å². The van der Waals surface area contributed by atoms with Crippen LogP contribution in [0.5, 0.6) is 5.75 Å². The Balaban J connectivity index is 1.77. The first-order valence-electron chi connectivity index (χ1n) is 9.91. The van der Waals surface area contributed by atoms with Gasteiger partial charge in [-0.2, -0.15) is 0 Å². The number of aliphatic hydroxyl groups excluding tert-OH is 1. The maximum absolute atomic E-state index is 15.0. The highest BCUT2D eigenvalue weighted by atomic mass is 19.1. The third-order valence-electron chi connectivity index (χ3n) is 6.10. The van der Waals surface area contributed by atoms with E-state index in [1.165, 1.54) is 0 Å². The van der Waals surface area contributed by atoms with Gasteiger partial charge in [0.25, 0.3) is 0 Å². The Labute approximate surface area is 161 Å². The monoisotopic (exact) mass is 373 g/mol. The lowest BCUT2D eigenvalue weighted by molar-refractivity contribution is 0.0856. The summed E-state index contributed by atoms with van der Waals surface area (Å²) in [5, 5.41) is 10.7. The number of ether oxygens (including phenoxy) is 1. The van der Waals surface area contributed by atoms with Crippen LogP contribution in [0.15, 0.2) is 30.3 Å². The van der Waals surface area contributed by atoms with Crippen molar-refractivity contribution >= 4 is 10.8 Å². The second-order valence-corrected chi connectivity index (χ2v) is 9.35. The molecule has 3 nitrogen and oxygen atoms in total. The van der Waals surface area contributed by atoms with Gasteiger partial charge in [0.1, 0.15) is 0 Å². The first-order chi connectivity index (χ1) is 12.6. The minimum absolute atomic E-state index is 0.0801. The van der Waals surface area contributed by atoms with E-state index in [1.54, 1.807) is 25.1 Å². The van der Waals surface area contributed by atoms with Crippen LogP contribution >= 0.6 is 0 Å². The fourth-order valence-electron chi connectivity index (χ4n) is 4.04. The zero-order valence-electron chi connectivity index (χ0n) is 16.9. The standard InChI is InChI=1S/C23H32FNO2/c1-22(2,3)16-6-9-18(10-7-16)27-20-12-5-15-13-17(23(4,25)14-26)8-11-19(15)21(20)24/h5,8,11-13,16,18,26H,6-7,9-10,14,25H2,1-4H3/t16-,18-,23-/m0/s1. The summed E-state index contributed by atoms with van der Waals surface area (Å²) < 4.78 is 21.0.